The van der Waals surface area contributed by atoms with Crippen molar-refractivity contribution in [3.05, 3.63) is 58.7 Å². The maximum absolute atomic E-state index is 12.5. The molecule has 0 amide bonds. The quantitative estimate of drug-likeness (QED) is 0.473. The monoisotopic (exact) mass is 381 g/mol. The van der Waals surface area contributed by atoms with E-state index in [-0.39, 0.29) is 12.3 Å². The van der Waals surface area contributed by atoms with Gasteiger partial charge in [0.1, 0.15) is 12.3 Å². The lowest BCUT2D eigenvalue weighted by atomic mass is 10.0. The van der Waals surface area contributed by atoms with E-state index in [1.54, 1.807) is 7.05 Å². The summed E-state index contributed by atoms with van der Waals surface area (Å²) in [7, 11) is 3.10. The van der Waals surface area contributed by atoms with Crippen LogP contribution in [-0.4, -0.2) is 36.2 Å². The molecular weight excluding hydrogens is 363 g/mol. The zero-order chi connectivity index (χ0) is 19.9. The molecule has 1 heterocycles. The van der Waals surface area contributed by atoms with Gasteiger partial charge in [-0.3, -0.25) is 14.8 Å². The number of nitrogens with zero attached hydrogens (tertiary/aromatic N) is 4. The largest absolute Gasteiger partial charge is 0.434 e. The smallest absolute Gasteiger partial charge is 0.391 e. The van der Waals surface area contributed by atoms with E-state index in [0.29, 0.717) is 12.0 Å². The van der Waals surface area contributed by atoms with E-state index < -0.39 is 11.9 Å². The molecule has 0 radical (unpaired) electrons. The van der Waals surface area contributed by atoms with E-state index >= 15 is 0 Å². The Labute approximate surface area is 153 Å². The number of amidine groups is 1. The van der Waals surface area contributed by atoms with E-state index in [1.807, 2.05) is 25.1 Å². The van der Waals surface area contributed by atoms with Gasteiger partial charge in [-0.05, 0) is 12.5 Å². The van der Waals surface area contributed by atoms with Gasteiger partial charge in [0.05, 0.1) is 25.7 Å². The number of aliphatic imine (C=N–C) groups is 1. The highest BCUT2D eigenvalue weighted by atomic mass is 19.4. The van der Waals surface area contributed by atoms with Crippen LogP contribution < -0.4 is 5.48 Å². The molecule has 1 aromatic heterocycles. The van der Waals surface area contributed by atoms with Gasteiger partial charge in [-0.15, -0.1) is 0 Å². The minimum Gasteiger partial charge on any atom is -0.391 e. The maximum atomic E-state index is 12.5. The Hall–Kier alpha value is -3.01. The Morgan fingerprint density at radius 1 is 1.26 bits per heavy atom. The predicted molar refractivity (Wildman–Crippen MR) is 93.2 cm³/mol. The van der Waals surface area contributed by atoms with Crippen LogP contribution in [0.4, 0.5) is 13.2 Å². The van der Waals surface area contributed by atoms with E-state index in [2.05, 4.69) is 25.6 Å². The van der Waals surface area contributed by atoms with E-state index in [0.717, 1.165) is 22.9 Å². The fraction of sp³-hybridized carbons (Fsp3) is 0.294. The number of hydrogen-bond donors (Lipinski definition) is 1. The molecule has 0 saturated carbocycles. The van der Waals surface area contributed by atoms with Crippen LogP contribution in [-0.2, 0) is 22.5 Å². The van der Waals surface area contributed by atoms with Crippen LogP contribution in [0.15, 0.2) is 40.7 Å². The van der Waals surface area contributed by atoms with Gasteiger partial charge >= 0.3 is 6.18 Å². The first-order valence-electron chi connectivity index (χ1n) is 7.76. The normalized spacial score (nSPS) is 12.4. The summed E-state index contributed by atoms with van der Waals surface area (Å²) >= 11 is 0. The first-order valence-corrected chi connectivity index (χ1v) is 7.76. The Morgan fingerprint density at radius 2 is 2.04 bits per heavy atom. The molecule has 0 unspecified atom stereocenters. The molecular formula is C17H18F3N5O2. The van der Waals surface area contributed by atoms with E-state index in [4.69, 9.17) is 9.68 Å². The molecule has 0 aliphatic carbocycles. The van der Waals surface area contributed by atoms with Gasteiger partial charge in [-0.25, -0.2) is 10.5 Å². The fourth-order valence-corrected chi connectivity index (χ4v) is 2.18. The average Bonchev–Trinajstić information content (AvgIpc) is 2.64. The van der Waals surface area contributed by atoms with Crippen molar-refractivity contribution in [2.45, 2.75) is 19.7 Å². The molecule has 0 saturated heterocycles. The Morgan fingerprint density at radius 3 is 2.63 bits per heavy atom. The number of oxime groups is 1. The van der Waals surface area contributed by atoms with Gasteiger partial charge in [0.2, 0.25) is 0 Å². The second-order valence-electron chi connectivity index (χ2n) is 5.31. The lowest BCUT2D eigenvalue weighted by Gasteiger charge is -2.13. The molecule has 0 aliphatic heterocycles. The zero-order valence-corrected chi connectivity index (χ0v) is 14.9. The van der Waals surface area contributed by atoms with Gasteiger partial charge in [0.15, 0.2) is 11.5 Å². The summed E-state index contributed by atoms with van der Waals surface area (Å²) in [6.45, 7) is 2.03. The van der Waals surface area contributed by atoms with Gasteiger partial charge in [0.25, 0.3) is 0 Å². The Bertz CT molecular complexity index is 820. The first kappa shape index (κ1) is 20.3. The molecule has 7 nitrogen and oxygen atoms in total. The highest BCUT2D eigenvalue weighted by Gasteiger charge is 2.32. The SMILES string of the molecule is CN=C(NOC)c1cccc(C)c1CO/N=C/c1cnc(C(F)(F)F)cn1. The molecule has 2 aromatic rings. The number of nitrogens with one attached hydrogen (secondary N) is 1. The molecule has 1 N–H and O–H groups in total. The summed E-state index contributed by atoms with van der Waals surface area (Å²) in [4.78, 5) is 21.2. The van der Waals surface area contributed by atoms with Crippen molar-refractivity contribution in [3.8, 4) is 0 Å². The highest BCUT2D eigenvalue weighted by molar-refractivity contribution is 5.99. The lowest BCUT2D eigenvalue weighted by molar-refractivity contribution is -0.141. The number of alkyl halides is 3. The summed E-state index contributed by atoms with van der Waals surface area (Å²) in [5.74, 6) is 0.525. The third-order valence-electron chi connectivity index (χ3n) is 3.52. The number of rotatable bonds is 6. The lowest BCUT2D eigenvalue weighted by Crippen LogP contribution is -2.24. The van der Waals surface area contributed by atoms with Crippen LogP contribution in [0.5, 0.6) is 0 Å². The van der Waals surface area contributed by atoms with Gasteiger partial charge in [-0.1, -0.05) is 23.4 Å². The second-order valence-corrected chi connectivity index (χ2v) is 5.31. The van der Waals surface area contributed by atoms with Gasteiger partial charge in [0, 0.05) is 18.2 Å². The Kier molecular flexibility index (Phi) is 6.83. The molecule has 0 aliphatic rings. The van der Waals surface area contributed by atoms with Crippen LogP contribution in [0.1, 0.15) is 28.1 Å². The minimum absolute atomic E-state index is 0.122. The molecule has 0 fully saturated rings. The topological polar surface area (TPSA) is 81.0 Å². The number of halogens is 3. The molecule has 1 aromatic carbocycles. The van der Waals surface area contributed by atoms with Crippen LogP contribution in [0.2, 0.25) is 0 Å². The maximum Gasteiger partial charge on any atom is 0.434 e. The van der Waals surface area contributed by atoms with Crippen LogP contribution in [0, 0.1) is 6.92 Å². The van der Waals surface area contributed by atoms with Crippen molar-refractivity contribution in [1.29, 1.82) is 0 Å². The van der Waals surface area contributed by atoms with Gasteiger partial charge < -0.3 is 4.84 Å². The second kappa shape index (κ2) is 9.08. The number of hydroxylamine groups is 1. The van der Waals surface area contributed by atoms with Crippen molar-refractivity contribution in [2.24, 2.45) is 10.1 Å². The average molecular weight is 381 g/mol. The van der Waals surface area contributed by atoms with Crippen molar-refractivity contribution in [3.63, 3.8) is 0 Å². The summed E-state index contributed by atoms with van der Waals surface area (Å²) in [5, 5.41) is 3.74. The number of hydrogen-bond acceptors (Lipinski definition) is 6. The van der Waals surface area contributed by atoms with Crippen molar-refractivity contribution in [1.82, 2.24) is 15.4 Å². The number of benzene rings is 1. The fourth-order valence-electron chi connectivity index (χ4n) is 2.18. The molecule has 2 rings (SSSR count). The summed E-state index contributed by atoms with van der Waals surface area (Å²) < 4.78 is 37.4. The number of aryl methyl sites for hydroxylation is 1. The van der Waals surface area contributed by atoms with Crippen LogP contribution in [0.3, 0.4) is 0 Å². The molecule has 0 bridgehead atoms. The summed E-state index contributed by atoms with van der Waals surface area (Å²) in [6, 6.07) is 5.64. The van der Waals surface area contributed by atoms with Crippen LogP contribution >= 0.6 is 0 Å². The van der Waals surface area contributed by atoms with Crippen molar-refractivity contribution in [2.75, 3.05) is 14.2 Å². The van der Waals surface area contributed by atoms with Crippen molar-refractivity contribution < 1.29 is 22.8 Å². The summed E-state index contributed by atoms with van der Waals surface area (Å²) in [5.41, 5.74) is 4.34. The third-order valence-corrected chi connectivity index (χ3v) is 3.52. The Balaban J connectivity index is 2.08. The first-order chi connectivity index (χ1) is 12.9. The molecule has 144 valence electrons. The molecule has 27 heavy (non-hydrogen) atoms. The molecule has 10 heteroatoms. The standard InChI is InChI=1S/C17H18F3N5O2/c1-11-5-4-6-13(16(21-2)25-26-3)14(11)10-27-24-8-12-7-23-15(9-22-12)17(18,19)20/h4-9H,10H2,1-3H3,(H,21,25)/b24-8+. The highest BCUT2D eigenvalue weighted by Crippen LogP contribution is 2.26. The predicted octanol–water partition coefficient (Wildman–Crippen LogP) is 2.88. The van der Waals surface area contributed by atoms with Crippen LogP contribution in [0.25, 0.3) is 0 Å². The van der Waals surface area contributed by atoms with Crippen molar-refractivity contribution >= 4 is 12.1 Å². The van der Waals surface area contributed by atoms with E-state index in [1.165, 1.54) is 13.3 Å². The van der Waals surface area contributed by atoms with E-state index in [9.17, 15) is 13.2 Å². The minimum atomic E-state index is -4.53. The molecule has 0 atom stereocenters. The summed E-state index contributed by atoms with van der Waals surface area (Å²) in [6.07, 6.45) is -1.73. The third kappa shape index (κ3) is 5.48. The van der Waals surface area contributed by atoms with Gasteiger partial charge in [-0.2, -0.15) is 13.2 Å². The molecule has 0 spiro atoms. The number of aromatic nitrogens is 2. The zero-order valence-electron chi connectivity index (χ0n) is 14.9.